The second kappa shape index (κ2) is 5.98. The molecule has 3 rings (SSSR count). The molecule has 0 bridgehead atoms. The fourth-order valence-corrected chi connectivity index (χ4v) is 4.05. The van der Waals surface area contributed by atoms with E-state index in [1.54, 1.807) is 0 Å². The average molecular weight is 332 g/mol. The van der Waals surface area contributed by atoms with E-state index in [9.17, 15) is 0 Å². The highest BCUT2D eigenvalue weighted by Crippen LogP contribution is 2.39. The summed E-state index contributed by atoms with van der Waals surface area (Å²) in [6, 6.07) is 2.32. The van der Waals surface area contributed by atoms with E-state index in [0.717, 1.165) is 5.69 Å². The molecule has 0 fully saturated rings. The highest BCUT2D eigenvalue weighted by molar-refractivity contribution is 6.02. The van der Waals surface area contributed by atoms with Crippen LogP contribution in [0.5, 0.6) is 0 Å². The zero-order chi connectivity index (χ0) is 18.6. The molecule has 1 heterocycles. The van der Waals surface area contributed by atoms with Crippen molar-refractivity contribution in [3.8, 4) is 11.3 Å². The van der Waals surface area contributed by atoms with Gasteiger partial charge in [-0.1, -0.05) is 0 Å². The molecule has 0 aliphatic heterocycles. The minimum atomic E-state index is 1.13. The SMILES string of the molecule is Cc1cc(-c2ncc(C)c3c(C)c(C)c(C)c(C)c23)c(C)c(C)c1C. The summed E-state index contributed by atoms with van der Waals surface area (Å²) in [4.78, 5) is 4.92. The Morgan fingerprint density at radius 3 is 1.64 bits per heavy atom. The van der Waals surface area contributed by atoms with Gasteiger partial charge in [0.1, 0.15) is 0 Å². The third-order valence-electron chi connectivity index (χ3n) is 6.44. The van der Waals surface area contributed by atoms with E-state index in [1.807, 2.05) is 6.20 Å². The number of pyridine rings is 1. The molecule has 0 saturated carbocycles. The quantitative estimate of drug-likeness (QED) is 0.485. The van der Waals surface area contributed by atoms with E-state index in [0.29, 0.717) is 0 Å². The number of benzene rings is 2. The van der Waals surface area contributed by atoms with Crippen LogP contribution in [0.3, 0.4) is 0 Å². The van der Waals surface area contributed by atoms with E-state index >= 15 is 0 Å². The lowest BCUT2D eigenvalue weighted by Crippen LogP contribution is -2.01. The number of fused-ring (bicyclic) bond motifs is 1. The molecular formula is C24H29N. The van der Waals surface area contributed by atoms with Crippen molar-refractivity contribution in [2.75, 3.05) is 0 Å². The molecule has 2 aromatic carbocycles. The first-order valence-electron chi connectivity index (χ1n) is 9.10. The Balaban J connectivity index is 2.55. The van der Waals surface area contributed by atoms with Crippen LogP contribution in [0, 0.1) is 62.3 Å². The van der Waals surface area contributed by atoms with Gasteiger partial charge >= 0.3 is 0 Å². The first-order chi connectivity index (χ1) is 11.7. The predicted molar refractivity (Wildman–Crippen MR) is 110 cm³/mol. The lowest BCUT2D eigenvalue weighted by atomic mass is 9.86. The van der Waals surface area contributed by atoms with E-state index < -0.39 is 0 Å². The zero-order valence-electron chi connectivity index (χ0n) is 17.1. The van der Waals surface area contributed by atoms with E-state index in [4.69, 9.17) is 4.98 Å². The fraction of sp³-hybridized carbons (Fsp3) is 0.375. The Bertz CT molecular complexity index is 1020. The summed E-state index contributed by atoms with van der Waals surface area (Å²) in [7, 11) is 0. The average Bonchev–Trinajstić information content (AvgIpc) is 2.59. The number of hydrogen-bond acceptors (Lipinski definition) is 1. The topological polar surface area (TPSA) is 12.9 Å². The summed E-state index contributed by atoms with van der Waals surface area (Å²) >= 11 is 0. The Morgan fingerprint density at radius 1 is 0.520 bits per heavy atom. The summed E-state index contributed by atoms with van der Waals surface area (Å²) in [5.74, 6) is 0. The molecule has 0 aliphatic rings. The van der Waals surface area contributed by atoms with Gasteiger partial charge in [0.15, 0.2) is 0 Å². The van der Waals surface area contributed by atoms with Gasteiger partial charge in [0.25, 0.3) is 0 Å². The second-order valence-corrected chi connectivity index (χ2v) is 7.66. The van der Waals surface area contributed by atoms with Crippen molar-refractivity contribution in [2.45, 2.75) is 62.3 Å². The molecule has 1 heteroatoms. The summed E-state index contributed by atoms with van der Waals surface area (Å²) in [5, 5.41) is 2.70. The molecule has 0 N–H and O–H groups in total. The first kappa shape index (κ1) is 17.7. The standard InChI is InChI=1S/C24H29N/c1-12-10-21(18(7)15(4)14(12)3)24-23-20(9)17(6)16(5)19(8)22(23)13(2)11-25-24/h10-11H,1-9H3. The normalized spacial score (nSPS) is 11.4. The van der Waals surface area contributed by atoms with Crippen LogP contribution in [-0.2, 0) is 0 Å². The Labute approximate surface area is 152 Å². The van der Waals surface area contributed by atoms with Gasteiger partial charge in [-0.25, -0.2) is 0 Å². The molecular weight excluding hydrogens is 302 g/mol. The van der Waals surface area contributed by atoms with Crippen molar-refractivity contribution < 1.29 is 0 Å². The second-order valence-electron chi connectivity index (χ2n) is 7.66. The van der Waals surface area contributed by atoms with E-state index in [-0.39, 0.29) is 0 Å². The van der Waals surface area contributed by atoms with Crippen LogP contribution in [0.15, 0.2) is 12.3 Å². The van der Waals surface area contributed by atoms with Gasteiger partial charge in [-0.05, 0) is 124 Å². The third-order valence-corrected chi connectivity index (χ3v) is 6.44. The molecule has 0 saturated heterocycles. The van der Waals surface area contributed by atoms with E-state index in [1.165, 1.54) is 66.4 Å². The Morgan fingerprint density at radius 2 is 1.04 bits per heavy atom. The van der Waals surface area contributed by atoms with Gasteiger partial charge in [-0.15, -0.1) is 0 Å². The van der Waals surface area contributed by atoms with Crippen LogP contribution in [0.1, 0.15) is 50.1 Å². The van der Waals surface area contributed by atoms with Crippen molar-refractivity contribution in [3.63, 3.8) is 0 Å². The van der Waals surface area contributed by atoms with Gasteiger partial charge in [0, 0.05) is 17.1 Å². The molecule has 0 spiro atoms. The van der Waals surface area contributed by atoms with Crippen molar-refractivity contribution in [3.05, 3.63) is 62.3 Å². The van der Waals surface area contributed by atoms with Gasteiger partial charge in [0.2, 0.25) is 0 Å². The molecule has 0 unspecified atom stereocenters. The number of rotatable bonds is 1. The lowest BCUT2D eigenvalue weighted by Gasteiger charge is -2.20. The van der Waals surface area contributed by atoms with Crippen LogP contribution in [0.4, 0.5) is 0 Å². The maximum Gasteiger partial charge on any atom is 0.0786 e. The van der Waals surface area contributed by atoms with Crippen molar-refractivity contribution in [2.24, 2.45) is 0 Å². The molecule has 0 radical (unpaired) electrons. The summed E-state index contributed by atoms with van der Waals surface area (Å²) in [5.41, 5.74) is 14.7. The van der Waals surface area contributed by atoms with Gasteiger partial charge in [0.05, 0.1) is 5.69 Å². The Hall–Kier alpha value is -2.15. The lowest BCUT2D eigenvalue weighted by molar-refractivity contribution is 1.19. The molecule has 3 aromatic rings. The molecule has 1 nitrogen and oxygen atoms in total. The molecule has 0 aliphatic carbocycles. The van der Waals surface area contributed by atoms with Crippen LogP contribution in [0.2, 0.25) is 0 Å². The smallest absolute Gasteiger partial charge is 0.0786 e. The number of aryl methyl sites for hydroxylation is 4. The highest BCUT2D eigenvalue weighted by atomic mass is 14.7. The first-order valence-corrected chi connectivity index (χ1v) is 9.10. The van der Waals surface area contributed by atoms with Crippen LogP contribution in [0.25, 0.3) is 22.0 Å². The van der Waals surface area contributed by atoms with Crippen LogP contribution in [-0.4, -0.2) is 4.98 Å². The minimum absolute atomic E-state index is 1.13. The van der Waals surface area contributed by atoms with Gasteiger partial charge < -0.3 is 0 Å². The molecule has 25 heavy (non-hydrogen) atoms. The number of nitrogens with zero attached hydrogens (tertiary/aromatic N) is 1. The molecule has 130 valence electrons. The van der Waals surface area contributed by atoms with Crippen molar-refractivity contribution in [1.29, 1.82) is 0 Å². The number of hydrogen-bond donors (Lipinski definition) is 0. The fourth-order valence-electron chi connectivity index (χ4n) is 4.05. The summed E-state index contributed by atoms with van der Waals surface area (Å²) in [6.07, 6.45) is 2.04. The third kappa shape index (κ3) is 2.49. The summed E-state index contributed by atoms with van der Waals surface area (Å²) in [6.45, 7) is 20.0. The maximum atomic E-state index is 4.92. The minimum Gasteiger partial charge on any atom is -0.255 e. The Kier molecular flexibility index (Phi) is 4.23. The zero-order valence-corrected chi connectivity index (χ0v) is 17.1. The number of aromatic nitrogens is 1. The maximum absolute atomic E-state index is 4.92. The van der Waals surface area contributed by atoms with Crippen molar-refractivity contribution in [1.82, 2.24) is 4.98 Å². The van der Waals surface area contributed by atoms with Crippen LogP contribution < -0.4 is 0 Å². The largest absolute Gasteiger partial charge is 0.255 e. The van der Waals surface area contributed by atoms with Gasteiger partial charge in [-0.3, -0.25) is 4.98 Å². The highest BCUT2D eigenvalue weighted by Gasteiger charge is 2.18. The predicted octanol–water partition coefficient (Wildman–Crippen LogP) is 6.68. The van der Waals surface area contributed by atoms with E-state index in [2.05, 4.69) is 68.4 Å². The monoisotopic (exact) mass is 331 g/mol. The molecule has 0 amide bonds. The molecule has 0 atom stereocenters. The van der Waals surface area contributed by atoms with Crippen LogP contribution >= 0.6 is 0 Å². The van der Waals surface area contributed by atoms with Gasteiger partial charge in [-0.2, -0.15) is 0 Å². The molecule has 1 aromatic heterocycles. The summed E-state index contributed by atoms with van der Waals surface area (Å²) < 4.78 is 0. The van der Waals surface area contributed by atoms with Crippen molar-refractivity contribution >= 4 is 10.8 Å².